The number of hydrogen-bond acceptors (Lipinski definition) is 3. The molecule has 0 aliphatic carbocycles. The maximum atomic E-state index is 12.4. The summed E-state index contributed by atoms with van der Waals surface area (Å²) < 4.78 is 46.4. The second-order valence-electron chi connectivity index (χ2n) is 5.05. The third kappa shape index (κ3) is 4.65. The number of ether oxygens (including phenoxy) is 2. The molecule has 0 radical (unpaired) electrons. The Balaban J connectivity index is 2.17. The molecule has 0 aliphatic heterocycles. The van der Waals surface area contributed by atoms with Gasteiger partial charge in [-0.25, -0.2) is 0 Å². The minimum absolute atomic E-state index is 0.0255. The largest absolute Gasteiger partial charge is 0.573 e. The molecule has 0 fully saturated rings. The van der Waals surface area contributed by atoms with Gasteiger partial charge in [0.1, 0.15) is 11.5 Å². The topological polar surface area (TPSA) is 38.8 Å². The normalized spacial score (nSPS) is 11.0. The van der Waals surface area contributed by atoms with Crippen LogP contribution in [0.15, 0.2) is 48.5 Å². The number of benzene rings is 2. The number of nitrogens with zero attached hydrogens (tertiary/aromatic N) is 1. The Hall–Kier alpha value is -2.70. The van der Waals surface area contributed by atoms with Crippen LogP contribution < -0.4 is 9.47 Å². The van der Waals surface area contributed by atoms with Crippen LogP contribution in [0.3, 0.4) is 0 Å². The standard InChI is InChI=1S/C17H16F3NO3/c1-21(16(22)12-7-5-8-14(10-12)23-2)11-13-6-3-4-9-15(13)24-17(18,19)20/h3-10H,11H2,1-2H3. The molecule has 0 aromatic heterocycles. The first-order valence-corrected chi connectivity index (χ1v) is 7.03. The van der Waals surface area contributed by atoms with Gasteiger partial charge in [-0.3, -0.25) is 4.79 Å². The van der Waals surface area contributed by atoms with Crippen molar-refractivity contribution in [3.63, 3.8) is 0 Å². The molecule has 24 heavy (non-hydrogen) atoms. The summed E-state index contributed by atoms with van der Waals surface area (Å²) in [5.41, 5.74) is 0.639. The van der Waals surface area contributed by atoms with Crippen molar-refractivity contribution < 1.29 is 27.4 Å². The summed E-state index contributed by atoms with van der Waals surface area (Å²) in [4.78, 5) is 13.7. The van der Waals surface area contributed by atoms with Crippen molar-refractivity contribution in [1.29, 1.82) is 0 Å². The van der Waals surface area contributed by atoms with E-state index < -0.39 is 6.36 Å². The second kappa shape index (κ2) is 7.25. The highest BCUT2D eigenvalue weighted by atomic mass is 19.4. The van der Waals surface area contributed by atoms with Crippen molar-refractivity contribution in [1.82, 2.24) is 4.90 Å². The van der Waals surface area contributed by atoms with Crippen molar-refractivity contribution in [2.45, 2.75) is 12.9 Å². The first-order valence-electron chi connectivity index (χ1n) is 7.03. The summed E-state index contributed by atoms with van der Waals surface area (Å²) in [5, 5.41) is 0. The zero-order valence-corrected chi connectivity index (χ0v) is 13.1. The fraction of sp³-hybridized carbons (Fsp3) is 0.235. The Morgan fingerprint density at radius 3 is 2.50 bits per heavy atom. The summed E-state index contributed by atoms with van der Waals surface area (Å²) in [7, 11) is 2.99. The fourth-order valence-corrected chi connectivity index (χ4v) is 2.16. The third-order valence-electron chi connectivity index (χ3n) is 3.27. The van der Waals surface area contributed by atoms with Crippen molar-refractivity contribution in [2.75, 3.05) is 14.2 Å². The van der Waals surface area contributed by atoms with Gasteiger partial charge in [-0.2, -0.15) is 0 Å². The minimum atomic E-state index is -4.79. The molecule has 0 bridgehead atoms. The van der Waals surface area contributed by atoms with Gasteiger partial charge in [0.05, 0.1) is 7.11 Å². The van der Waals surface area contributed by atoms with Crippen molar-refractivity contribution in [2.24, 2.45) is 0 Å². The molecule has 0 saturated heterocycles. The highest BCUT2D eigenvalue weighted by Crippen LogP contribution is 2.27. The van der Waals surface area contributed by atoms with E-state index in [0.717, 1.165) is 0 Å². The fourth-order valence-electron chi connectivity index (χ4n) is 2.16. The lowest BCUT2D eigenvalue weighted by molar-refractivity contribution is -0.274. The van der Waals surface area contributed by atoms with E-state index in [4.69, 9.17) is 4.74 Å². The van der Waals surface area contributed by atoms with E-state index in [9.17, 15) is 18.0 Å². The molecule has 0 aliphatic rings. The van der Waals surface area contributed by atoms with Crippen LogP contribution >= 0.6 is 0 Å². The molecule has 4 nitrogen and oxygen atoms in total. The van der Waals surface area contributed by atoms with E-state index in [1.165, 1.54) is 37.3 Å². The number of alkyl halides is 3. The average molecular weight is 339 g/mol. The smallest absolute Gasteiger partial charge is 0.497 e. The molecule has 0 saturated carbocycles. The highest BCUT2D eigenvalue weighted by molar-refractivity contribution is 5.94. The molecule has 0 N–H and O–H groups in total. The molecule has 0 atom stereocenters. The Labute approximate surface area is 137 Å². The van der Waals surface area contributed by atoms with E-state index in [0.29, 0.717) is 11.3 Å². The quantitative estimate of drug-likeness (QED) is 0.830. The Kier molecular flexibility index (Phi) is 5.33. The molecule has 128 valence electrons. The SMILES string of the molecule is COc1cccc(C(=O)N(C)Cc2ccccc2OC(F)(F)F)c1. The molecule has 2 aromatic carbocycles. The van der Waals surface area contributed by atoms with Gasteiger partial charge in [0.15, 0.2) is 0 Å². The first kappa shape index (κ1) is 17.7. The maximum Gasteiger partial charge on any atom is 0.573 e. The second-order valence-corrected chi connectivity index (χ2v) is 5.05. The van der Waals surface area contributed by atoms with E-state index in [2.05, 4.69) is 4.74 Å². The summed E-state index contributed by atoms with van der Waals surface area (Å²) in [6.07, 6.45) is -4.79. The number of halogens is 3. The minimum Gasteiger partial charge on any atom is -0.497 e. The van der Waals surface area contributed by atoms with Crippen LogP contribution in [0.2, 0.25) is 0 Å². The average Bonchev–Trinajstić information content (AvgIpc) is 2.54. The van der Waals surface area contributed by atoms with Crippen molar-refractivity contribution >= 4 is 5.91 Å². The van der Waals surface area contributed by atoms with Crippen LogP contribution in [-0.2, 0) is 6.54 Å². The number of carbonyl (C=O) groups excluding carboxylic acids is 1. The van der Waals surface area contributed by atoms with Crippen LogP contribution in [0, 0.1) is 0 Å². The van der Waals surface area contributed by atoms with Gasteiger partial charge in [0.25, 0.3) is 5.91 Å². The summed E-state index contributed by atoms with van der Waals surface area (Å²) in [5.74, 6) is -0.138. The van der Waals surface area contributed by atoms with E-state index >= 15 is 0 Å². The molecule has 2 aromatic rings. The monoisotopic (exact) mass is 339 g/mol. The van der Waals surface area contributed by atoms with Gasteiger partial charge in [-0.15, -0.1) is 13.2 Å². The van der Waals surface area contributed by atoms with Crippen LogP contribution in [0.25, 0.3) is 0 Å². The Morgan fingerprint density at radius 1 is 1.12 bits per heavy atom. The van der Waals surface area contributed by atoms with Crippen LogP contribution in [0.1, 0.15) is 15.9 Å². The van der Waals surface area contributed by atoms with E-state index in [-0.39, 0.29) is 23.8 Å². The van der Waals surface area contributed by atoms with Crippen LogP contribution in [0.4, 0.5) is 13.2 Å². The van der Waals surface area contributed by atoms with E-state index in [1.54, 1.807) is 30.3 Å². The maximum absolute atomic E-state index is 12.4. The van der Waals surface area contributed by atoms with Crippen molar-refractivity contribution in [3.8, 4) is 11.5 Å². The Bertz CT molecular complexity index is 716. The van der Waals surface area contributed by atoms with Gasteiger partial charge in [-0.1, -0.05) is 24.3 Å². The summed E-state index contributed by atoms with van der Waals surface area (Å²) in [6, 6.07) is 12.3. The number of rotatable bonds is 5. The third-order valence-corrected chi connectivity index (χ3v) is 3.27. The predicted octanol–water partition coefficient (Wildman–Crippen LogP) is 3.87. The van der Waals surface area contributed by atoms with Crippen molar-refractivity contribution in [3.05, 3.63) is 59.7 Å². The van der Waals surface area contributed by atoms with Gasteiger partial charge in [0.2, 0.25) is 0 Å². The first-order chi connectivity index (χ1) is 11.3. The predicted molar refractivity (Wildman–Crippen MR) is 81.9 cm³/mol. The number of carbonyl (C=O) groups is 1. The molecular weight excluding hydrogens is 323 g/mol. The van der Waals surface area contributed by atoms with Gasteiger partial charge in [0, 0.05) is 24.7 Å². The number of hydrogen-bond donors (Lipinski definition) is 0. The molecule has 0 spiro atoms. The molecular formula is C17H16F3NO3. The lowest BCUT2D eigenvalue weighted by Gasteiger charge is -2.20. The number of amides is 1. The molecule has 1 amide bonds. The molecule has 0 unspecified atom stereocenters. The summed E-state index contributed by atoms with van der Waals surface area (Å²) >= 11 is 0. The van der Waals surface area contributed by atoms with Crippen LogP contribution in [-0.4, -0.2) is 31.3 Å². The highest BCUT2D eigenvalue weighted by Gasteiger charge is 2.32. The number of para-hydroxylation sites is 1. The molecule has 0 heterocycles. The lowest BCUT2D eigenvalue weighted by Crippen LogP contribution is -2.27. The zero-order valence-electron chi connectivity index (χ0n) is 13.1. The van der Waals surface area contributed by atoms with Gasteiger partial charge >= 0.3 is 6.36 Å². The molecule has 2 rings (SSSR count). The van der Waals surface area contributed by atoms with E-state index in [1.807, 2.05) is 0 Å². The van der Waals surface area contributed by atoms with Crippen LogP contribution in [0.5, 0.6) is 11.5 Å². The number of methoxy groups -OCH3 is 1. The van der Waals surface area contributed by atoms with Gasteiger partial charge in [-0.05, 0) is 24.3 Å². The summed E-state index contributed by atoms with van der Waals surface area (Å²) in [6.45, 7) is -0.0255. The lowest BCUT2D eigenvalue weighted by atomic mass is 10.1. The zero-order chi connectivity index (χ0) is 17.7. The Morgan fingerprint density at radius 2 is 1.83 bits per heavy atom. The molecule has 7 heteroatoms. The van der Waals surface area contributed by atoms with Gasteiger partial charge < -0.3 is 14.4 Å².